The van der Waals surface area contributed by atoms with Gasteiger partial charge in [0.05, 0.1) is 6.61 Å². The van der Waals surface area contributed by atoms with Gasteiger partial charge in [0.25, 0.3) is 0 Å². The van der Waals surface area contributed by atoms with E-state index in [-0.39, 0.29) is 18.1 Å². The number of aromatic nitrogens is 1. The van der Waals surface area contributed by atoms with Crippen molar-refractivity contribution in [3.63, 3.8) is 0 Å². The fraction of sp³-hybridized carbons (Fsp3) is 0.231. The lowest BCUT2D eigenvalue weighted by Crippen LogP contribution is -2.13. The monoisotopic (exact) mass is 319 g/mol. The highest BCUT2D eigenvalue weighted by Gasteiger charge is 2.42. The molecule has 8 heteroatoms. The lowest BCUT2D eigenvalue weighted by Gasteiger charge is -2.03. The van der Waals surface area contributed by atoms with Crippen molar-refractivity contribution in [3.8, 4) is 11.5 Å². The lowest BCUT2D eigenvalue weighted by molar-refractivity contribution is -0.153. The van der Waals surface area contributed by atoms with Crippen LogP contribution in [0.5, 0.6) is 0 Å². The number of esters is 1. The predicted molar refractivity (Wildman–Crippen MR) is 67.9 cm³/mol. The summed E-state index contributed by atoms with van der Waals surface area (Å²) in [5.41, 5.74) is -0.630. The zero-order valence-corrected chi connectivity index (χ0v) is 11.5. The molecule has 0 bridgehead atoms. The van der Waals surface area contributed by atoms with Crippen molar-refractivity contribution in [3.05, 3.63) is 40.7 Å². The van der Waals surface area contributed by atoms with Crippen LogP contribution < -0.4 is 0 Å². The molecule has 0 aliphatic rings. The second-order valence-electron chi connectivity index (χ2n) is 3.92. The van der Waals surface area contributed by atoms with Crippen molar-refractivity contribution in [2.24, 2.45) is 0 Å². The molecule has 0 unspecified atom stereocenters. The van der Waals surface area contributed by atoms with E-state index in [4.69, 9.17) is 16.0 Å². The molecule has 0 saturated carbocycles. The minimum absolute atomic E-state index is 0.0702. The third kappa shape index (κ3) is 3.36. The van der Waals surface area contributed by atoms with Crippen LogP contribution in [0.2, 0.25) is 5.02 Å². The van der Waals surface area contributed by atoms with Crippen LogP contribution in [0.1, 0.15) is 23.2 Å². The van der Waals surface area contributed by atoms with Crippen LogP contribution in [0.3, 0.4) is 0 Å². The van der Waals surface area contributed by atoms with Crippen LogP contribution in [0.4, 0.5) is 13.2 Å². The summed E-state index contributed by atoms with van der Waals surface area (Å²) in [5.74, 6) is -3.00. The SMILES string of the molecule is CCOC(=O)c1nc(-c2ccc(Cl)cc2)oc1C(F)(F)F. The fourth-order valence-electron chi connectivity index (χ4n) is 1.57. The molecule has 0 saturated heterocycles. The van der Waals surface area contributed by atoms with Gasteiger partial charge in [-0.15, -0.1) is 0 Å². The van der Waals surface area contributed by atoms with E-state index in [0.29, 0.717) is 5.02 Å². The van der Waals surface area contributed by atoms with Crippen molar-refractivity contribution in [1.82, 2.24) is 4.98 Å². The molecule has 112 valence electrons. The summed E-state index contributed by atoms with van der Waals surface area (Å²) in [4.78, 5) is 15.1. The number of carbonyl (C=O) groups excluding carboxylic acids is 1. The van der Waals surface area contributed by atoms with Crippen molar-refractivity contribution in [2.75, 3.05) is 6.61 Å². The van der Waals surface area contributed by atoms with Gasteiger partial charge in [0.1, 0.15) is 0 Å². The molecular weight excluding hydrogens is 311 g/mol. The third-order valence-electron chi connectivity index (χ3n) is 2.44. The Morgan fingerprint density at radius 2 is 1.95 bits per heavy atom. The van der Waals surface area contributed by atoms with Gasteiger partial charge in [-0.05, 0) is 31.2 Å². The third-order valence-corrected chi connectivity index (χ3v) is 2.70. The standard InChI is InChI=1S/C13H9ClF3NO3/c1-2-20-12(19)9-10(13(15,16)17)21-11(18-9)7-3-5-8(14)6-4-7/h3-6H,2H2,1H3. The Bertz CT molecular complexity index is 650. The van der Waals surface area contributed by atoms with Crippen LogP contribution in [0.15, 0.2) is 28.7 Å². The molecule has 0 radical (unpaired) electrons. The normalized spacial score (nSPS) is 11.5. The van der Waals surface area contributed by atoms with E-state index >= 15 is 0 Å². The molecule has 0 atom stereocenters. The molecule has 2 rings (SSSR count). The number of hydrogen-bond acceptors (Lipinski definition) is 4. The van der Waals surface area contributed by atoms with Crippen molar-refractivity contribution < 1.29 is 27.1 Å². The zero-order chi connectivity index (χ0) is 15.6. The predicted octanol–water partition coefficient (Wildman–Crippen LogP) is 4.19. The quantitative estimate of drug-likeness (QED) is 0.796. The molecule has 0 N–H and O–H groups in total. The average molecular weight is 320 g/mol. The molecule has 0 aliphatic carbocycles. The van der Waals surface area contributed by atoms with Crippen LogP contribution >= 0.6 is 11.6 Å². The summed E-state index contributed by atoms with van der Waals surface area (Å²) in [7, 11) is 0. The maximum atomic E-state index is 12.9. The van der Waals surface area contributed by atoms with Crippen LogP contribution in [0, 0.1) is 0 Å². The van der Waals surface area contributed by atoms with Crippen LogP contribution in [-0.2, 0) is 10.9 Å². The number of halogens is 4. The Kier molecular flexibility index (Phi) is 4.22. The van der Waals surface area contributed by atoms with Crippen molar-refractivity contribution in [2.45, 2.75) is 13.1 Å². The lowest BCUT2D eigenvalue weighted by atomic mass is 10.2. The largest absolute Gasteiger partial charge is 0.461 e. The zero-order valence-electron chi connectivity index (χ0n) is 10.7. The van der Waals surface area contributed by atoms with Gasteiger partial charge in [0, 0.05) is 10.6 Å². The van der Waals surface area contributed by atoms with Gasteiger partial charge in [0.15, 0.2) is 5.69 Å². The molecule has 0 spiro atoms. The molecule has 1 heterocycles. The first kappa shape index (κ1) is 15.4. The summed E-state index contributed by atoms with van der Waals surface area (Å²) >= 11 is 5.69. The van der Waals surface area contributed by atoms with Gasteiger partial charge in [-0.3, -0.25) is 0 Å². The van der Waals surface area contributed by atoms with E-state index in [1.54, 1.807) is 0 Å². The Morgan fingerprint density at radius 1 is 1.33 bits per heavy atom. The Balaban J connectivity index is 2.50. The van der Waals surface area contributed by atoms with E-state index < -0.39 is 23.6 Å². The van der Waals surface area contributed by atoms with Crippen molar-refractivity contribution >= 4 is 17.6 Å². The number of carbonyl (C=O) groups is 1. The highest BCUT2D eigenvalue weighted by atomic mass is 35.5. The van der Waals surface area contributed by atoms with Crippen LogP contribution in [0.25, 0.3) is 11.5 Å². The Hall–Kier alpha value is -2.02. The van der Waals surface area contributed by atoms with E-state index in [0.717, 1.165) is 0 Å². The smallest absolute Gasteiger partial charge is 0.452 e. The van der Waals surface area contributed by atoms with Gasteiger partial charge in [-0.2, -0.15) is 13.2 Å². The summed E-state index contributed by atoms with van der Waals surface area (Å²) in [5, 5.41) is 0.409. The molecule has 0 fully saturated rings. The molecule has 1 aromatic carbocycles. The first-order valence-corrected chi connectivity index (χ1v) is 6.21. The van der Waals surface area contributed by atoms with Gasteiger partial charge in [-0.1, -0.05) is 11.6 Å². The van der Waals surface area contributed by atoms with E-state index in [9.17, 15) is 18.0 Å². The van der Waals surface area contributed by atoms with Gasteiger partial charge >= 0.3 is 12.1 Å². The molecule has 21 heavy (non-hydrogen) atoms. The molecule has 0 amide bonds. The number of benzene rings is 1. The number of ether oxygens (including phenoxy) is 1. The number of rotatable bonds is 3. The first-order valence-electron chi connectivity index (χ1n) is 5.84. The summed E-state index contributed by atoms with van der Waals surface area (Å²) < 4.78 is 47.9. The summed E-state index contributed by atoms with van der Waals surface area (Å²) in [6.45, 7) is 1.41. The van der Waals surface area contributed by atoms with Gasteiger partial charge < -0.3 is 9.15 Å². The second-order valence-corrected chi connectivity index (χ2v) is 4.36. The molecule has 1 aromatic heterocycles. The number of nitrogens with zero attached hydrogens (tertiary/aromatic N) is 1. The van der Waals surface area contributed by atoms with E-state index in [2.05, 4.69) is 9.72 Å². The second kappa shape index (κ2) is 5.77. The Morgan fingerprint density at radius 3 is 2.48 bits per heavy atom. The summed E-state index contributed by atoms with van der Waals surface area (Å²) in [6.07, 6.45) is -4.85. The molecule has 2 aromatic rings. The maximum Gasteiger partial charge on any atom is 0.452 e. The molecular formula is C13H9ClF3NO3. The van der Waals surface area contributed by atoms with E-state index in [1.807, 2.05) is 0 Å². The van der Waals surface area contributed by atoms with Gasteiger partial charge in [-0.25, -0.2) is 9.78 Å². The summed E-state index contributed by atoms with van der Waals surface area (Å²) in [6, 6.07) is 5.81. The fourth-order valence-corrected chi connectivity index (χ4v) is 1.69. The number of oxazole rings is 1. The van der Waals surface area contributed by atoms with Crippen LogP contribution in [-0.4, -0.2) is 17.6 Å². The highest BCUT2D eigenvalue weighted by molar-refractivity contribution is 6.30. The molecule has 0 aliphatic heterocycles. The maximum absolute atomic E-state index is 12.9. The topological polar surface area (TPSA) is 52.3 Å². The highest BCUT2D eigenvalue weighted by Crippen LogP contribution is 2.35. The van der Waals surface area contributed by atoms with E-state index in [1.165, 1.54) is 31.2 Å². The Labute approximate surface area is 122 Å². The molecule has 4 nitrogen and oxygen atoms in total. The number of alkyl halides is 3. The van der Waals surface area contributed by atoms with Gasteiger partial charge in [0.2, 0.25) is 11.7 Å². The average Bonchev–Trinajstić information content (AvgIpc) is 2.85. The first-order chi connectivity index (χ1) is 9.82. The minimum Gasteiger partial charge on any atom is -0.461 e. The van der Waals surface area contributed by atoms with Crippen molar-refractivity contribution in [1.29, 1.82) is 0 Å². The minimum atomic E-state index is -4.85. The number of hydrogen-bond donors (Lipinski definition) is 0.